The summed E-state index contributed by atoms with van der Waals surface area (Å²) in [6.07, 6.45) is 9.19. The Morgan fingerprint density at radius 1 is 0.235 bits per heavy atom. The maximum atomic E-state index is 6.45. The van der Waals surface area contributed by atoms with Crippen molar-refractivity contribution < 1.29 is 9.47 Å². The summed E-state index contributed by atoms with van der Waals surface area (Å²) in [6, 6.07) is 149. The summed E-state index contributed by atoms with van der Waals surface area (Å²) in [4.78, 5) is 5.04. The van der Waals surface area contributed by atoms with Gasteiger partial charge in [0.25, 0.3) is 0 Å². The van der Waals surface area contributed by atoms with E-state index in [4.69, 9.17) is 9.47 Å². The van der Waals surface area contributed by atoms with Crippen molar-refractivity contribution in [3.05, 3.63) is 480 Å². The zero-order valence-corrected chi connectivity index (χ0v) is 64.5. The average Bonchev–Trinajstić information content (AvgIpc) is 1.56. The van der Waals surface area contributed by atoms with Crippen LogP contribution in [-0.2, 0) is 16.2 Å². The number of nitrogens with zero attached hydrogens (tertiary/aromatic N) is 2. The second-order valence-corrected chi connectivity index (χ2v) is 30.7. The van der Waals surface area contributed by atoms with Crippen molar-refractivity contribution in [2.24, 2.45) is 0 Å². The van der Waals surface area contributed by atoms with Gasteiger partial charge in [0.15, 0.2) is 0 Å². The number of anilines is 6. The van der Waals surface area contributed by atoms with Crippen molar-refractivity contribution in [3.63, 3.8) is 0 Å². The summed E-state index contributed by atoms with van der Waals surface area (Å²) in [5.41, 5.74) is 31.6. The highest BCUT2D eigenvalue weighted by atomic mass is 16.5. The molecule has 0 fully saturated rings. The topological polar surface area (TPSA) is 24.9 Å². The van der Waals surface area contributed by atoms with E-state index in [1.54, 1.807) is 0 Å². The van der Waals surface area contributed by atoms with Gasteiger partial charge in [-0.3, -0.25) is 0 Å². The molecule has 19 rings (SSSR count). The van der Waals surface area contributed by atoms with E-state index in [1.165, 1.54) is 94.6 Å². The van der Waals surface area contributed by atoms with Crippen LogP contribution in [0.15, 0.2) is 414 Å². The number of hydrogen-bond acceptors (Lipinski definition) is 4. The molecular weight excluding hydrogens is 1390 g/mol. The van der Waals surface area contributed by atoms with Crippen LogP contribution in [0.5, 0.6) is 11.5 Å². The van der Waals surface area contributed by atoms with Gasteiger partial charge in [-0.25, -0.2) is 0 Å². The van der Waals surface area contributed by atoms with E-state index in [-0.39, 0.29) is 0 Å². The third-order valence-electron chi connectivity index (χ3n) is 24.5. The fourth-order valence-electron chi connectivity index (χ4n) is 19.2. The second kappa shape index (κ2) is 31.1. The van der Waals surface area contributed by atoms with E-state index in [0.717, 1.165) is 112 Å². The normalized spacial score (nSPS) is 15.8. The summed E-state index contributed by atoms with van der Waals surface area (Å²) in [5.74, 6) is 1.75. The van der Waals surface area contributed by atoms with Gasteiger partial charge in [-0.05, 0) is 258 Å². The molecule has 115 heavy (non-hydrogen) atoms. The van der Waals surface area contributed by atoms with Crippen LogP contribution in [-0.4, -0.2) is 13.2 Å². The highest BCUT2D eigenvalue weighted by Gasteiger charge is 2.49. The predicted octanol–water partition coefficient (Wildman–Crippen LogP) is 28.7. The van der Waals surface area contributed by atoms with Gasteiger partial charge < -0.3 is 19.3 Å². The Hall–Kier alpha value is -13.8. The number of fused-ring (bicyclic) bond motifs is 9. The van der Waals surface area contributed by atoms with E-state index < -0.39 is 16.2 Å². The number of hydrogen-bond donors (Lipinski definition) is 0. The van der Waals surface area contributed by atoms with Crippen molar-refractivity contribution in [3.8, 4) is 67.1 Å². The van der Waals surface area contributed by atoms with Gasteiger partial charge in [0, 0.05) is 45.0 Å². The van der Waals surface area contributed by atoms with Crippen LogP contribution in [0.25, 0.3) is 67.8 Å². The molecule has 0 heterocycles. The van der Waals surface area contributed by atoms with Gasteiger partial charge in [-0.1, -0.05) is 329 Å². The highest BCUT2D eigenvalue weighted by molar-refractivity contribution is 5.94. The van der Waals surface area contributed by atoms with Crippen LogP contribution in [0, 0.1) is 0 Å². The molecule has 16 aromatic rings. The monoisotopic (exact) mass is 1480 g/mol. The molecule has 0 aromatic heterocycles. The Morgan fingerprint density at radius 3 is 0.983 bits per heavy atom. The third-order valence-corrected chi connectivity index (χ3v) is 24.5. The van der Waals surface area contributed by atoms with Crippen LogP contribution < -0.4 is 19.3 Å². The van der Waals surface area contributed by atoms with Crippen LogP contribution in [0.2, 0.25) is 0 Å². The van der Waals surface area contributed by atoms with E-state index in [2.05, 4.69) is 399 Å². The number of benzene rings is 16. The quantitative estimate of drug-likeness (QED) is 0.0505. The largest absolute Gasteiger partial charge is 0.494 e. The van der Waals surface area contributed by atoms with Crippen LogP contribution in [0.4, 0.5) is 34.1 Å². The zero-order chi connectivity index (χ0) is 77.1. The van der Waals surface area contributed by atoms with Crippen LogP contribution in [0.1, 0.15) is 105 Å². The van der Waals surface area contributed by atoms with E-state index in [0.29, 0.717) is 13.2 Å². The lowest BCUT2D eigenvalue weighted by atomic mass is 9.67. The summed E-state index contributed by atoms with van der Waals surface area (Å²) in [6.45, 7) is 9.16. The van der Waals surface area contributed by atoms with Gasteiger partial charge in [-0.2, -0.15) is 0 Å². The molecule has 3 aliphatic rings. The zero-order valence-electron chi connectivity index (χ0n) is 64.5. The summed E-state index contributed by atoms with van der Waals surface area (Å²) in [5, 5.41) is 0. The molecule has 554 valence electrons. The Balaban J connectivity index is 0.769. The maximum absolute atomic E-state index is 6.45. The first-order valence-electron chi connectivity index (χ1n) is 40.5. The first-order valence-corrected chi connectivity index (χ1v) is 40.5. The van der Waals surface area contributed by atoms with Crippen LogP contribution in [0.3, 0.4) is 0 Å². The summed E-state index contributed by atoms with van der Waals surface area (Å²) < 4.78 is 12.9. The van der Waals surface area contributed by atoms with Gasteiger partial charge in [-0.15, -0.1) is 0 Å². The molecule has 0 saturated heterocycles. The lowest BCUT2D eigenvalue weighted by Crippen LogP contribution is -2.29. The lowest BCUT2D eigenvalue weighted by Gasteiger charge is -2.36. The van der Waals surface area contributed by atoms with Gasteiger partial charge >= 0.3 is 0 Å². The van der Waals surface area contributed by atoms with Crippen molar-refractivity contribution in [1.82, 2.24) is 0 Å². The van der Waals surface area contributed by atoms with Gasteiger partial charge in [0.1, 0.15) is 11.5 Å². The Bertz CT molecular complexity index is 6180. The van der Waals surface area contributed by atoms with E-state index >= 15 is 0 Å². The van der Waals surface area contributed by atoms with E-state index in [9.17, 15) is 0 Å². The van der Waals surface area contributed by atoms with Crippen molar-refractivity contribution >= 4 is 46.3 Å². The molecule has 0 N–H and O–H groups in total. The SMILES string of the molecule is C=Cc1ccc(OCCCCC2(c3ccccc3)c3ccccc3-c3ccc(N(c4ccc(-c5ccccc5)cc4)c4cccc(C5(c6ccccc6)c6ccccc6-c6ccc(N(c7ccc(-c8ccccc8)cc7)c7ccc8c(c7)C(CCCCOc7ccc(C=C)cc7)(c7ccccc7)c7ccccc7-8)cc65)c4)cc32)cc1. The fraction of sp³-hybridized carbons (Fsp3) is 0.0991. The molecule has 0 saturated carbocycles. The molecule has 0 amide bonds. The molecule has 3 atom stereocenters. The van der Waals surface area contributed by atoms with Crippen molar-refractivity contribution in [2.75, 3.05) is 23.0 Å². The van der Waals surface area contributed by atoms with E-state index in [1.807, 2.05) is 36.4 Å². The average molecular weight is 1480 g/mol. The summed E-state index contributed by atoms with van der Waals surface area (Å²) in [7, 11) is 0. The van der Waals surface area contributed by atoms with Crippen LogP contribution >= 0.6 is 0 Å². The fourth-order valence-corrected chi connectivity index (χ4v) is 19.2. The first-order chi connectivity index (χ1) is 56.9. The minimum absolute atomic E-state index is 0.463. The molecule has 0 spiro atoms. The number of rotatable bonds is 26. The minimum Gasteiger partial charge on any atom is -0.494 e. The molecule has 4 heteroatoms. The van der Waals surface area contributed by atoms with Gasteiger partial charge in [0.05, 0.1) is 18.6 Å². The molecule has 3 unspecified atom stereocenters. The Labute approximate surface area is 676 Å². The standard InChI is InChI=1S/C111H88N2O2/c1-3-79-49-64-95(65-50-79)114-73-28-26-71-109(85-35-14-7-15-36-85)103-46-23-20-43-97(103)100-68-61-92(76-106(100)109)112(89-57-53-83(54-58-89)81-31-10-5-11-32-81)91-42-30-41-88(75-91)111(87-39-18-9-19-40-87)105-48-25-22-45-99(105)102-70-63-94(78-108(102)111)113(90-59-55-84(56-60-90)82-33-12-6-13-34-82)93-62-69-101-98-44-21-24-47-104(98)110(107(101)77-93,86-37-16-8-17-38-86)72-27-29-74-115-96-66-51-80(4-2)52-67-96/h3-25,30-70,75-78H,1-2,26-29,71-74H2. The third kappa shape index (κ3) is 12.9. The maximum Gasteiger partial charge on any atom is 0.119 e. The van der Waals surface area contributed by atoms with Gasteiger partial charge in [0.2, 0.25) is 0 Å². The molecule has 0 radical (unpaired) electrons. The summed E-state index contributed by atoms with van der Waals surface area (Å²) >= 11 is 0. The molecule has 16 aromatic carbocycles. The lowest BCUT2D eigenvalue weighted by molar-refractivity contribution is 0.301. The molecule has 0 aliphatic heterocycles. The molecular formula is C111H88N2O2. The molecule has 3 aliphatic carbocycles. The highest BCUT2D eigenvalue weighted by Crippen LogP contribution is 2.61. The molecule has 4 nitrogen and oxygen atoms in total. The Morgan fingerprint density at radius 2 is 0.557 bits per heavy atom. The second-order valence-electron chi connectivity index (χ2n) is 30.7. The van der Waals surface area contributed by atoms with Crippen molar-refractivity contribution in [2.45, 2.75) is 54.8 Å². The predicted molar refractivity (Wildman–Crippen MR) is 479 cm³/mol. The smallest absolute Gasteiger partial charge is 0.119 e. The minimum atomic E-state index is -0.813. The Kier molecular flexibility index (Phi) is 19.3. The number of ether oxygens (including phenoxy) is 2. The number of unbranched alkanes of at least 4 members (excludes halogenated alkanes) is 2. The first kappa shape index (κ1) is 71.5. The molecule has 0 bridgehead atoms. The van der Waals surface area contributed by atoms with Crippen molar-refractivity contribution in [1.29, 1.82) is 0 Å².